The van der Waals surface area contributed by atoms with E-state index in [0.29, 0.717) is 30.8 Å². The molecule has 4 rings (SSSR count). The molecule has 0 saturated heterocycles. The molecular weight excluding hydrogens is 516 g/mol. The van der Waals surface area contributed by atoms with Crippen molar-refractivity contribution in [1.82, 2.24) is 0 Å². The number of benzene rings is 2. The highest BCUT2D eigenvalue weighted by molar-refractivity contribution is 5.75. The zero-order valence-electron chi connectivity index (χ0n) is 25.0. The summed E-state index contributed by atoms with van der Waals surface area (Å²) in [5, 5.41) is 0. The van der Waals surface area contributed by atoms with Crippen molar-refractivity contribution in [3.8, 4) is 23.0 Å². The Kier molecular flexibility index (Phi) is 12.4. The quantitative estimate of drug-likeness (QED) is 0.0941. The second-order valence-corrected chi connectivity index (χ2v) is 12.0. The van der Waals surface area contributed by atoms with Gasteiger partial charge in [0.1, 0.15) is 29.3 Å². The lowest BCUT2D eigenvalue weighted by molar-refractivity contribution is -0.140. The van der Waals surface area contributed by atoms with Crippen LogP contribution < -0.4 is 18.9 Å². The first-order valence-electron chi connectivity index (χ1n) is 15.8. The third kappa shape index (κ3) is 10.1. The highest BCUT2D eigenvalue weighted by Gasteiger charge is 2.28. The molecule has 0 bridgehead atoms. The van der Waals surface area contributed by atoms with Crippen molar-refractivity contribution in [2.45, 2.75) is 90.9 Å². The topological polar surface area (TPSA) is 71.1 Å². The van der Waals surface area contributed by atoms with Crippen LogP contribution in [0.5, 0.6) is 23.0 Å². The third-order valence-electron chi connectivity index (χ3n) is 8.68. The van der Waals surface area contributed by atoms with Gasteiger partial charge in [0.2, 0.25) is 0 Å². The minimum absolute atomic E-state index is 0.0626. The van der Waals surface area contributed by atoms with Gasteiger partial charge in [-0.3, -0.25) is 4.79 Å². The van der Waals surface area contributed by atoms with Crippen LogP contribution in [0.2, 0.25) is 0 Å². The molecule has 0 radical (unpaired) electrons. The van der Waals surface area contributed by atoms with Gasteiger partial charge in [0.25, 0.3) is 0 Å². The summed E-state index contributed by atoms with van der Waals surface area (Å²) in [6.45, 7) is 6.33. The van der Waals surface area contributed by atoms with Gasteiger partial charge in [-0.25, -0.2) is 0 Å². The van der Waals surface area contributed by atoms with Crippen LogP contribution in [0.1, 0.15) is 89.5 Å². The fourth-order valence-corrected chi connectivity index (χ4v) is 5.87. The molecule has 0 amide bonds. The first kappa shape index (κ1) is 30.9. The summed E-state index contributed by atoms with van der Waals surface area (Å²) in [5.41, 5.74) is 1.07. The summed E-state index contributed by atoms with van der Waals surface area (Å²) in [6.07, 6.45) is 13.5. The average molecular weight is 565 g/mol. The van der Waals surface area contributed by atoms with Crippen LogP contribution in [0.3, 0.4) is 0 Å². The van der Waals surface area contributed by atoms with Gasteiger partial charge in [-0.15, -0.1) is 0 Å². The van der Waals surface area contributed by atoms with Crippen molar-refractivity contribution in [2.24, 2.45) is 23.7 Å². The summed E-state index contributed by atoms with van der Waals surface area (Å²) in [7, 11) is 0. The molecule has 2 aromatic carbocycles. The molecule has 0 N–H and O–H groups in total. The monoisotopic (exact) mass is 564 g/mol. The Bertz CT molecular complexity index is 1060. The first-order chi connectivity index (χ1) is 20.0. The molecule has 0 heterocycles. The molecule has 224 valence electrons. The highest BCUT2D eigenvalue weighted by atomic mass is 16.5. The molecule has 0 spiro atoms. The van der Waals surface area contributed by atoms with E-state index < -0.39 is 0 Å². The molecule has 41 heavy (non-hydrogen) atoms. The molecule has 6 nitrogen and oxygen atoms in total. The normalized spacial score (nSPS) is 22.5. The number of carbonyl (C=O) groups excluding carboxylic acids is 2. The van der Waals surface area contributed by atoms with Crippen LogP contribution >= 0.6 is 0 Å². The van der Waals surface area contributed by atoms with Gasteiger partial charge < -0.3 is 23.7 Å². The first-order valence-corrected chi connectivity index (χ1v) is 15.8. The van der Waals surface area contributed by atoms with Crippen molar-refractivity contribution in [3.05, 3.63) is 48.0 Å². The van der Waals surface area contributed by atoms with Gasteiger partial charge in [0, 0.05) is 5.92 Å². The molecule has 6 heteroatoms. The van der Waals surface area contributed by atoms with Crippen LogP contribution in [0, 0.1) is 30.6 Å². The van der Waals surface area contributed by atoms with E-state index in [1.165, 1.54) is 19.3 Å². The van der Waals surface area contributed by atoms with Crippen LogP contribution in [-0.4, -0.2) is 32.1 Å². The van der Waals surface area contributed by atoms with E-state index in [2.05, 4.69) is 13.8 Å². The van der Waals surface area contributed by atoms with E-state index in [1.807, 2.05) is 42.5 Å². The largest absolute Gasteiger partial charge is 0.494 e. The summed E-state index contributed by atoms with van der Waals surface area (Å²) >= 11 is 0. The number of ether oxygens (including phenoxy) is 4. The van der Waals surface area contributed by atoms with Crippen LogP contribution in [0.25, 0.3) is 0 Å². The summed E-state index contributed by atoms with van der Waals surface area (Å²) in [6, 6.07) is 13.4. The molecule has 2 aromatic rings. The maximum absolute atomic E-state index is 12.8. The van der Waals surface area contributed by atoms with Gasteiger partial charge in [-0.2, -0.15) is 0 Å². The second-order valence-electron chi connectivity index (χ2n) is 12.0. The number of aldehydes is 1. The lowest BCUT2D eigenvalue weighted by Crippen LogP contribution is -2.27. The van der Waals surface area contributed by atoms with E-state index in [9.17, 15) is 9.59 Å². The van der Waals surface area contributed by atoms with Crippen molar-refractivity contribution >= 4 is 12.3 Å². The van der Waals surface area contributed by atoms with E-state index in [0.717, 1.165) is 93.5 Å². The molecule has 0 atom stereocenters. The molecular formula is C35H48O6. The number of unbranched alkanes of at least 4 members (excludes halogenated alkanes) is 3. The molecule has 0 unspecified atom stereocenters. The molecule has 2 aliphatic rings. The predicted octanol–water partition coefficient (Wildman–Crippen LogP) is 8.13. The van der Waals surface area contributed by atoms with Crippen LogP contribution in [0.4, 0.5) is 0 Å². The van der Waals surface area contributed by atoms with Gasteiger partial charge in [-0.1, -0.05) is 26.2 Å². The Morgan fingerprint density at radius 1 is 0.756 bits per heavy atom. The Morgan fingerprint density at radius 3 is 2.05 bits per heavy atom. The summed E-state index contributed by atoms with van der Waals surface area (Å²) < 4.78 is 23.7. The standard InChI is InChI=1S/C35H48O6/c1-3-4-5-6-21-38-31-15-17-32(18-16-31)41-35(37)30-13-11-29(12-14-30)25-40-34-20-19-33(22-26(34)2)39-24-28-9-7-27(23-36)8-10-28/h15-20,22-23,27-30H,3-14,21,24-25H2,1-2H3. The van der Waals surface area contributed by atoms with Gasteiger partial charge in [-0.05, 0) is 125 Å². The number of rotatable bonds is 15. The summed E-state index contributed by atoms with van der Waals surface area (Å²) in [5.74, 6) is 4.15. The van der Waals surface area contributed by atoms with Crippen molar-refractivity contribution < 1.29 is 28.5 Å². The minimum Gasteiger partial charge on any atom is -0.494 e. The smallest absolute Gasteiger partial charge is 0.314 e. The van der Waals surface area contributed by atoms with E-state index in [-0.39, 0.29) is 17.8 Å². The fourth-order valence-electron chi connectivity index (χ4n) is 5.87. The van der Waals surface area contributed by atoms with E-state index >= 15 is 0 Å². The molecule has 2 saturated carbocycles. The van der Waals surface area contributed by atoms with Crippen LogP contribution in [-0.2, 0) is 9.59 Å². The van der Waals surface area contributed by atoms with Gasteiger partial charge in [0.15, 0.2) is 0 Å². The zero-order chi connectivity index (χ0) is 28.9. The minimum atomic E-state index is -0.138. The van der Waals surface area contributed by atoms with Crippen molar-refractivity contribution in [1.29, 1.82) is 0 Å². The Morgan fingerprint density at radius 2 is 1.39 bits per heavy atom. The van der Waals surface area contributed by atoms with Crippen molar-refractivity contribution in [2.75, 3.05) is 19.8 Å². The second kappa shape index (κ2) is 16.4. The average Bonchev–Trinajstić information content (AvgIpc) is 3.00. The SMILES string of the molecule is CCCCCCOc1ccc(OC(=O)C2CCC(COc3ccc(OCC4CCC(C=O)CC4)cc3C)CC2)cc1. The molecule has 2 fully saturated rings. The Balaban J connectivity index is 1.12. The molecule has 0 aliphatic heterocycles. The Labute approximate surface area is 246 Å². The summed E-state index contributed by atoms with van der Waals surface area (Å²) in [4.78, 5) is 23.7. The maximum atomic E-state index is 12.8. The maximum Gasteiger partial charge on any atom is 0.314 e. The van der Waals surface area contributed by atoms with Crippen molar-refractivity contribution in [3.63, 3.8) is 0 Å². The van der Waals surface area contributed by atoms with Gasteiger partial charge in [0.05, 0.1) is 25.7 Å². The van der Waals surface area contributed by atoms with Gasteiger partial charge >= 0.3 is 5.97 Å². The fraction of sp³-hybridized carbons (Fsp3) is 0.600. The molecule has 0 aromatic heterocycles. The lowest BCUT2D eigenvalue weighted by Gasteiger charge is -2.27. The number of hydrogen-bond donors (Lipinski definition) is 0. The van der Waals surface area contributed by atoms with E-state index in [4.69, 9.17) is 18.9 Å². The zero-order valence-corrected chi connectivity index (χ0v) is 25.0. The highest BCUT2D eigenvalue weighted by Crippen LogP contribution is 2.33. The van der Waals surface area contributed by atoms with Crippen LogP contribution in [0.15, 0.2) is 42.5 Å². The lowest BCUT2D eigenvalue weighted by atomic mass is 9.82. The Hall–Kier alpha value is -3.02. The number of esters is 1. The third-order valence-corrected chi connectivity index (χ3v) is 8.68. The van der Waals surface area contributed by atoms with E-state index in [1.54, 1.807) is 0 Å². The number of carbonyl (C=O) groups is 2. The number of hydrogen-bond acceptors (Lipinski definition) is 6. The predicted molar refractivity (Wildman–Crippen MR) is 161 cm³/mol. The number of aryl methyl sites for hydroxylation is 1. The molecule has 2 aliphatic carbocycles.